The van der Waals surface area contributed by atoms with Crippen LogP contribution in [0, 0.1) is 0 Å². The molecule has 0 heterocycles. The first kappa shape index (κ1) is 75.4. The molecular weight excluding hydrogens is 961 g/mol. The molecule has 0 aliphatic rings. The van der Waals surface area contributed by atoms with Gasteiger partial charge in [-0.3, -0.25) is 14.4 Å². The van der Waals surface area contributed by atoms with Crippen LogP contribution in [0.4, 0.5) is 0 Å². The molecule has 0 rings (SSSR count). The fourth-order valence-electron chi connectivity index (χ4n) is 10.3. The van der Waals surface area contributed by atoms with Crippen molar-refractivity contribution in [1.82, 2.24) is 0 Å². The summed E-state index contributed by atoms with van der Waals surface area (Å²) in [6.07, 6.45) is 84.1. The Kier molecular flexibility index (Phi) is 64.6. The first-order valence-corrected chi connectivity index (χ1v) is 34.6. The molecule has 78 heavy (non-hydrogen) atoms. The molecule has 1 unspecified atom stereocenters. The third-order valence-electron chi connectivity index (χ3n) is 15.6. The molecule has 0 spiro atoms. The number of unbranched alkanes of at least 4 members (excludes halogenated alkanes) is 45. The van der Waals surface area contributed by atoms with Crippen LogP contribution in [0.2, 0.25) is 0 Å². The molecule has 6 heteroatoms. The fraction of sp³-hybridized carbons (Fsp3) is 0.847. The van der Waals surface area contributed by atoms with E-state index in [1.54, 1.807) is 0 Å². The minimum Gasteiger partial charge on any atom is -0.462 e. The smallest absolute Gasteiger partial charge is 0.306 e. The lowest BCUT2D eigenvalue weighted by molar-refractivity contribution is -0.167. The molecule has 1 atom stereocenters. The highest BCUT2D eigenvalue weighted by atomic mass is 16.6. The summed E-state index contributed by atoms with van der Waals surface area (Å²) < 4.78 is 17.0. The quantitative estimate of drug-likeness (QED) is 0.0261. The number of ether oxygens (including phenoxy) is 3. The van der Waals surface area contributed by atoms with E-state index in [9.17, 15) is 14.4 Å². The second kappa shape index (κ2) is 66.9. The Balaban J connectivity index is 4.27. The molecule has 456 valence electrons. The molecule has 0 aliphatic carbocycles. The van der Waals surface area contributed by atoms with Gasteiger partial charge in [0.25, 0.3) is 0 Å². The first-order valence-electron chi connectivity index (χ1n) is 34.6. The van der Waals surface area contributed by atoms with Crippen molar-refractivity contribution in [1.29, 1.82) is 0 Å². The first-order chi connectivity index (χ1) is 38.5. The van der Waals surface area contributed by atoms with Gasteiger partial charge in [0.05, 0.1) is 0 Å². The third-order valence-corrected chi connectivity index (χ3v) is 15.6. The van der Waals surface area contributed by atoms with Gasteiger partial charge in [-0.25, -0.2) is 0 Å². The van der Waals surface area contributed by atoms with Gasteiger partial charge in [-0.1, -0.05) is 320 Å². The highest BCUT2D eigenvalue weighted by molar-refractivity contribution is 5.71. The van der Waals surface area contributed by atoms with E-state index in [4.69, 9.17) is 14.2 Å². The number of allylic oxidation sites excluding steroid dienone is 8. The van der Waals surface area contributed by atoms with Gasteiger partial charge in [0.15, 0.2) is 6.10 Å². The van der Waals surface area contributed by atoms with E-state index >= 15 is 0 Å². The van der Waals surface area contributed by atoms with Crippen LogP contribution in [-0.2, 0) is 28.6 Å². The van der Waals surface area contributed by atoms with Crippen LogP contribution in [0.1, 0.15) is 374 Å². The van der Waals surface area contributed by atoms with E-state index in [1.807, 2.05) is 0 Å². The zero-order valence-electron chi connectivity index (χ0n) is 52.5. The molecule has 0 bridgehead atoms. The number of carbonyl (C=O) groups is 3. The fourth-order valence-corrected chi connectivity index (χ4v) is 10.3. The lowest BCUT2D eigenvalue weighted by Crippen LogP contribution is -2.30. The van der Waals surface area contributed by atoms with E-state index in [0.29, 0.717) is 19.3 Å². The molecule has 0 aromatic heterocycles. The van der Waals surface area contributed by atoms with E-state index in [-0.39, 0.29) is 31.1 Å². The van der Waals surface area contributed by atoms with Crippen molar-refractivity contribution < 1.29 is 28.6 Å². The highest BCUT2D eigenvalue weighted by Gasteiger charge is 2.19. The Morgan fingerprint density at radius 3 is 0.731 bits per heavy atom. The molecule has 0 fully saturated rings. The Morgan fingerprint density at radius 1 is 0.256 bits per heavy atom. The SMILES string of the molecule is CCCCCCC/C=C\C/C=C\C/C=C\CCCCCCCCCCCCCCC(=O)OCC(COC(=O)CCCCCCC/C=C\CCCCCCCC)OC(=O)CCCCCCCCCCCCCCCCCCCC. The van der Waals surface area contributed by atoms with Crippen LogP contribution < -0.4 is 0 Å². The van der Waals surface area contributed by atoms with Gasteiger partial charge < -0.3 is 14.2 Å². The summed E-state index contributed by atoms with van der Waals surface area (Å²) in [6.45, 7) is 6.68. The minimum atomic E-state index is -0.776. The molecule has 0 saturated carbocycles. The maximum Gasteiger partial charge on any atom is 0.306 e. The maximum absolute atomic E-state index is 12.9. The Bertz CT molecular complexity index is 1350. The third kappa shape index (κ3) is 64.2. The summed E-state index contributed by atoms with van der Waals surface area (Å²) in [6, 6.07) is 0. The second-order valence-electron chi connectivity index (χ2n) is 23.4. The topological polar surface area (TPSA) is 78.9 Å². The van der Waals surface area contributed by atoms with Crippen molar-refractivity contribution in [2.45, 2.75) is 380 Å². The number of hydrogen-bond donors (Lipinski definition) is 0. The van der Waals surface area contributed by atoms with E-state index in [2.05, 4.69) is 69.4 Å². The summed E-state index contributed by atoms with van der Waals surface area (Å²) >= 11 is 0. The number of hydrogen-bond acceptors (Lipinski definition) is 6. The predicted molar refractivity (Wildman–Crippen MR) is 339 cm³/mol. The van der Waals surface area contributed by atoms with Crippen LogP contribution in [0.3, 0.4) is 0 Å². The minimum absolute atomic E-state index is 0.0723. The average Bonchev–Trinajstić information content (AvgIpc) is 3.44. The van der Waals surface area contributed by atoms with Crippen molar-refractivity contribution >= 4 is 17.9 Å². The molecule has 0 saturated heterocycles. The van der Waals surface area contributed by atoms with Gasteiger partial charge >= 0.3 is 17.9 Å². The Labute approximate surface area is 486 Å². The zero-order valence-corrected chi connectivity index (χ0v) is 52.5. The van der Waals surface area contributed by atoms with E-state index < -0.39 is 6.10 Å². The normalized spacial score (nSPS) is 12.3. The molecule has 0 amide bonds. The number of esters is 3. The molecule has 0 radical (unpaired) electrons. The maximum atomic E-state index is 12.9. The molecular formula is C72H132O6. The van der Waals surface area contributed by atoms with Crippen molar-refractivity contribution in [3.63, 3.8) is 0 Å². The lowest BCUT2D eigenvalue weighted by atomic mass is 10.0. The van der Waals surface area contributed by atoms with Gasteiger partial charge in [0, 0.05) is 19.3 Å². The van der Waals surface area contributed by atoms with Crippen molar-refractivity contribution in [3.05, 3.63) is 48.6 Å². The van der Waals surface area contributed by atoms with Gasteiger partial charge in [-0.05, 0) is 83.5 Å². The molecule has 0 aromatic rings. The van der Waals surface area contributed by atoms with Gasteiger partial charge in [-0.2, -0.15) is 0 Å². The highest BCUT2D eigenvalue weighted by Crippen LogP contribution is 2.18. The van der Waals surface area contributed by atoms with Crippen LogP contribution in [-0.4, -0.2) is 37.2 Å². The summed E-state index contributed by atoms with van der Waals surface area (Å²) in [5.74, 6) is -0.857. The van der Waals surface area contributed by atoms with Crippen molar-refractivity contribution in [2.24, 2.45) is 0 Å². The predicted octanol–water partition coefficient (Wildman–Crippen LogP) is 23.7. The van der Waals surface area contributed by atoms with Crippen LogP contribution in [0.25, 0.3) is 0 Å². The summed E-state index contributed by atoms with van der Waals surface area (Å²) in [4.78, 5) is 38.4. The second-order valence-corrected chi connectivity index (χ2v) is 23.4. The monoisotopic (exact) mass is 1090 g/mol. The van der Waals surface area contributed by atoms with Gasteiger partial charge in [0.2, 0.25) is 0 Å². The van der Waals surface area contributed by atoms with Crippen LogP contribution >= 0.6 is 0 Å². The molecule has 6 nitrogen and oxygen atoms in total. The number of carbonyl (C=O) groups excluding carboxylic acids is 3. The van der Waals surface area contributed by atoms with Gasteiger partial charge in [0.1, 0.15) is 13.2 Å². The Morgan fingerprint density at radius 2 is 0.462 bits per heavy atom. The van der Waals surface area contributed by atoms with Crippen LogP contribution in [0.15, 0.2) is 48.6 Å². The number of rotatable bonds is 64. The standard InChI is InChI=1S/C72H132O6/c1-4-7-10-13-16-19-22-25-28-30-32-33-34-35-36-37-38-39-40-42-44-47-50-53-56-59-62-65-71(74)77-68-69(67-76-70(73)64-61-58-55-52-49-46-43-27-24-21-18-15-12-9-6-3)78-72(75)66-63-60-57-54-51-48-45-41-31-29-26-23-20-17-14-11-8-5-2/h22,25,27,30,32,34-35,43,69H,4-21,23-24,26,28-29,31,33,36-42,44-68H2,1-3H3/b25-22-,32-30-,35-34-,43-27-. The molecule has 0 aromatic carbocycles. The Hall–Kier alpha value is -2.63. The molecule has 0 aliphatic heterocycles. The summed E-state index contributed by atoms with van der Waals surface area (Å²) in [7, 11) is 0. The summed E-state index contributed by atoms with van der Waals surface area (Å²) in [5.41, 5.74) is 0. The van der Waals surface area contributed by atoms with E-state index in [1.165, 1.54) is 257 Å². The summed E-state index contributed by atoms with van der Waals surface area (Å²) in [5, 5.41) is 0. The van der Waals surface area contributed by atoms with E-state index in [0.717, 1.165) is 77.0 Å². The zero-order chi connectivity index (χ0) is 56.4. The van der Waals surface area contributed by atoms with Crippen LogP contribution in [0.5, 0.6) is 0 Å². The lowest BCUT2D eigenvalue weighted by Gasteiger charge is -2.18. The average molecular weight is 1090 g/mol. The largest absolute Gasteiger partial charge is 0.462 e. The van der Waals surface area contributed by atoms with Crippen molar-refractivity contribution in [3.8, 4) is 0 Å². The molecule has 0 N–H and O–H groups in total. The van der Waals surface area contributed by atoms with Gasteiger partial charge in [-0.15, -0.1) is 0 Å². The van der Waals surface area contributed by atoms with Crippen molar-refractivity contribution in [2.75, 3.05) is 13.2 Å².